The molecule has 9 aromatic rings. The summed E-state index contributed by atoms with van der Waals surface area (Å²) in [5.74, 6) is 1.65. The molecule has 246 valence electrons. The number of rotatable bonds is 3. The second-order valence-corrected chi connectivity index (χ2v) is 14.5. The fourth-order valence-electron chi connectivity index (χ4n) is 9.69. The van der Waals surface area contributed by atoms with Crippen LogP contribution in [0.3, 0.4) is 0 Å². The third-order valence-corrected chi connectivity index (χ3v) is 11.9. The minimum atomic E-state index is -0.440. The van der Waals surface area contributed by atoms with Crippen molar-refractivity contribution in [3.63, 3.8) is 0 Å². The number of aliphatic imine (C=N–C) groups is 2. The van der Waals surface area contributed by atoms with E-state index in [2.05, 4.69) is 181 Å². The second-order valence-electron chi connectivity index (χ2n) is 14.5. The predicted octanol–water partition coefficient (Wildman–Crippen LogP) is 11.5. The van der Waals surface area contributed by atoms with Crippen LogP contribution >= 0.6 is 0 Å². The van der Waals surface area contributed by atoms with Gasteiger partial charge in [0.15, 0.2) is 6.17 Å². The highest BCUT2D eigenvalue weighted by Crippen LogP contribution is 2.62. The van der Waals surface area contributed by atoms with Crippen molar-refractivity contribution >= 4 is 54.8 Å². The van der Waals surface area contributed by atoms with E-state index in [1.165, 1.54) is 76.5 Å². The first-order valence-electron chi connectivity index (χ1n) is 18.4. The Kier molecular flexibility index (Phi) is 5.76. The summed E-state index contributed by atoms with van der Waals surface area (Å²) in [6.45, 7) is 0. The Morgan fingerprint density at radius 2 is 1.00 bits per heavy atom. The SMILES string of the molecule is c1ccc(C2N=C(c3ccc4c(c3)C3(c5ccccc5-4)c4cccc5ccc6cccc3c6c45)NC(c3cc4ccccc4c4ccccc34)=N2)cc1. The summed E-state index contributed by atoms with van der Waals surface area (Å²) in [6.07, 6.45) is -0.398. The van der Waals surface area contributed by atoms with E-state index >= 15 is 0 Å². The van der Waals surface area contributed by atoms with Crippen LogP contribution < -0.4 is 5.32 Å². The van der Waals surface area contributed by atoms with E-state index in [1.807, 2.05) is 0 Å². The van der Waals surface area contributed by atoms with Gasteiger partial charge in [-0.1, -0.05) is 164 Å². The van der Waals surface area contributed by atoms with Gasteiger partial charge >= 0.3 is 0 Å². The Hall–Kier alpha value is -6.84. The lowest BCUT2D eigenvalue weighted by atomic mass is 9.70. The maximum absolute atomic E-state index is 5.36. The Balaban J connectivity index is 1.09. The summed E-state index contributed by atoms with van der Waals surface area (Å²) in [5, 5.41) is 13.9. The van der Waals surface area contributed by atoms with Crippen molar-refractivity contribution in [1.82, 2.24) is 5.32 Å². The highest BCUT2D eigenvalue weighted by molar-refractivity contribution is 6.24. The van der Waals surface area contributed by atoms with Gasteiger partial charge in [0.2, 0.25) is 0 Å². The van der Waals surface area contributed by atoms with E-state index in [1.54, 1.807) is 0 Å². The molecule has 0 saturated heterocycles. The highest BCUT2D eigenvalue weighted by Gasteiger charge is 2.50. The summed E-state index contributed by atoms with van der Waals surface area (Å²) in [4.78, 5) is 10.7. The van der Waals surface area contributed by atoms with Crippen LogP contribution in [0.5, 0.6) is 0 Å². The van der Waals surface area contributed by atoms with Gasteiger partial charge in [0.1, 0.15) is 11.7 Å². The minimum Gasteiger partial charge on any atom is -0.324 e. The lowest BCUT2D eigenvalue weighted by Crippen LogP contribution is -2.36. The average molecular weight is 674 g/mol. The lowest BCUT2D eigenvalue weighted by molar-refractivity contribution is 0.755. The van der Waals surface area contributed by atoms with Gasteiger partial charge in [-0.3, -0.25) is 0 Å². The number of amidine groups is 2. The van der Waals surface area contributed by atoms with E-state index in [0.29, 0.717) is 0 Å². The van der Waals surface area contributed by atoms with Gasteiger partial charge in [0, 0.05) is 11.1 Å². The molecule has 1 N–H and O–H groups in total. The molecular formula is C50H31N3. The minimum absolute atomic E-state index is 0.398. The molecule has 1 atom stereocenters. The van der Waals surface area contributed by atoms with Crippen LogP contribution in [0, 0.1) is 0 Å². The van der Waals surface area contributed by atoms with E-state index < -0.39 is 11.6 Å². The summed E-state index contributed by atoms with van der Waals surface area (Å²) in [7, 11) is 0. The maximum Gasteiger partial charge on any atom is 0.169 e. The van der Waals surface area contributed by atoms with Gasteiger partial charge in [0.05, 0.1) is 5.41 Å². The molecule has 1 aliphatic heterocycles. The van der Waals surface area contributed by atoms with Gasteiger partial charge in [0.25, 0.3) is 0 Å². The standard InChI is InChI=1S/C50H31N3/c1-2-12-32(13-3-1)47-51-48(53-49(52-47)40-28-33-14-4-5-17-35(33)36-18-6-7-19-37(36)40)34-26-27-39-38-20-8-9-21-41(38)50(44(39)29-34)42-22-10-15-30-24-25-31-16-11-23-43(50)46(31)45(30)42/h1-29,47H,(H,51,52,53). The van der Waals surface area contributed by atoms with Crippen molar-refractivity contribution < 1.29 is 0 Å². The predicted molar refractivity (Wildman–Crippen MR) is 219 cm³/mol. The normalized spacial score (nSPS) is 16.3. The Morgan fingerprint density at radius 3 is 1.79 bits per heavy atom. The van der Waals surface area contributed by atoms with Crippen molar-refractivity contribution in [2.45, 2.75) is 11.6 Å². The second kappa shape index (κ2) is 10.6. The lowest BCUT2D eigenvalue weighted by Gasteiger charge is -2.31. The van der Waals surface area contributed by atoms with Crippen molar-refractivity contribution in [3.05, 3.63) is 215 Å². The fourth-order valence-corrected chi connectivity index (χ4v) is 9.69. The molecule has 1 unspecified atom stereocenters. The molecule has 0 fully saturated rings. The molecule has 0 saturated carbocycles. The molecule has 9 aromatic carbocycles. The number of nitrogens with one attached hydrogen (secondary N) is 1. The molecule has 2 aliphatic carbocycles. The molecule has 3 aliphatic rings. The van der Waals surface area contributed by atoms with E-state index in [4.69, 9.17) is 9.98 Å². The van der Waals surface area contributed by atoms with Crippen molar-refractivity contribution in [1.29, 1.82) is 0 Å². The van der Waals surface area contributed by atoms with E-state index in [-0.39, 0.29) is 0 Å². The van der Waals surface area contributed by atoms with Crippen LogP contribution in [0.1, 0.15) is 45.1 Å². The van der Waals surface area contributed by atoms with Gasteiger partial charge < -0.3 is 5.32 Å². The number of benzene rings is 9. The van der Waals surface area contributed by atoms with Crippen LogP contribution in [-0.2, 0) is 5.41 Å². The molecule has 12 rings (SSSR count). The fraction of sp³-hybridized carbons (Fsp3) is 0.0400. The first kappa shape index (κ1) is 28.8. The Bertz CT molecular complexity index is 3040. The van der Waals surface area contributed by atoms with Crippen molar-refractivity contribution in [2.75, 3.05) is 0 Å². The Morgan fingerprint density at radius 1 is 0.396 bits per heavy atom. The summed E-state index contributed by atoms with van der Waals surface area (Å²) >= 11 is 0. The summed E-state index contributed by atoms with van der Waals surface area (Å²) in [5.41, 5.74) is 10.7. The van der Waals surface area contributed by atoms with Crippen LogP contribution in [-0.4, -0.2) is 11.7 Å². The zero-order valence-electron chi connectivity index (χ0n) is 28.7. The highest BCUT2D eigenvalue weighted by atomic mass is 15.2. The van der Waals surface area contributed by atoms with Gasteiger partial charge in [-0.15, -0.1) is 0 Å². The molecule has 0 radical (unpaired) electrons. The van der Waals surface area contributed by atoms with Gasteiger partial charge in [-0.2, -0.15) is 0 Å². The van der Waals surface area contributed by atoms with Crippen LogP contribution in [0.15, 0.2) is 186 Å². The largest absolute Gasteiger partial charge is 0.324 e. The van der Waals surface area contributed by atoms with Crippen LogP contribution in [0.2, 0.25) is 0 Å². The van der Waals surface area contributed by atoms with Gasteiger partial charge in [-0.25, -0.2) is 9.98 Å². The molecular weight excluding hydrogens is 643 g/mol. The zero-order chi connectivity index (χ0) is 34.7. The first-order valence-corrected chi connectivity index (χ1v) is 18.4. The van der Waals surface area contributed by atoms with Gasteiger partial charge in [-0.05, 0) is 94.2 Å². The number of hydrogen-bond donors (Lipinski definition) is 1. The topological polar surface area (TPSA) is 36.8 Å². The monoisotopic (exact) mass is 673 g/mol. The van der Waals surface area contributed by atoms with Crippen LogP contribution in [0.25, 0.3) is 54.2 Å². The smallest absolute Gasteiger partial charge is 0.169 e. The molecule has 0 amide bonds. The molecule has 3 heteroatoms. The molecule has 1 heterocycles. The van der Waals surface area contributed by atoms with Crippen molar-refractivity contribution in [2.24, 2.45) is 9.98 Å². The zero-order valence-corrected chi connectivity index (χ0v) is 28.7. The molecule has 3 nitrogen and oxygen atoms in total. The van der Waals surface area contributed by atoms with Crippen LogP contribution in [0.4, 0.5) is 0 Å². The quantitative estimate of drug-likeness (QED) is 0.186. The number of nitrogens with zero attached hydrogens (tertiary/aromatic N) is 2. The number of hydrogen-bond acceptors (Lipinski definition) is 3. The molecule has 0 bridgehead atoms. The molecule has 0 aromatic heterocycles. The number of fused-ring (bicyclic) bond motifs is 10. The Labute approximate surface area is 306 Å². The third-order valence-electron chi connectivity index (χ3n) is 11.9. The average Bonchev–Trinajstić information content (AvgIpc) is 3.71. The maximum atomic E-state index is 5.36. The van der Waals surface area contributed by atoms with Crippen molar-refractivity contribution in [3.8, 4) is 11.1 Å². The summed E-state index contributed by atoms with van der Waals surface area (Å²) < 4.78 is 0. The molecule has 1 spiro atoms. The van der Waals surface area contributed by atoms with E-state index in [9.17, 15) is 0 Å². The summed E-state index contributed by atoms with van der Waals surface area (Å²) in [6, 6.07) is 64.3. The van der Waals surface area contributed by atoms with E-state index in [0.717, 1.165) is 28.4 Å². The third kappa shape index (κ3) is 3.83. The first-order chi connectivity index (χ1) is 26.3. The molecule has 53 heavy (non-hydrogen) atoms.